The molecule has 6 aromatic rings. The van der Waals surface area contributed by atoms with Crippen LogP contribution in [0, 0.1) is 17.1 Å². The Labute approximate surface area is 477 Å². The molecule has 0 spiro atoms. The minimum Gasteiger partial charge on any atom is -0.489 e. The van der Waals surface area contributed by atoms with Crippen LogP contribution in [-0.4, -0.2) is 117 Å². The highest BCUT2D eigenvalue weighted by Crippen LogP contribution is 2.42. The van der Waals surface area contributed by atoms with Crippen LogP contribution in [0.5, 0.6) is 11.8 Å². The number of nitrogens with two attached hydrogens (primary N) is 1. The molecule has 17 nitrogen and oxygen atoms in total. The number of aromatic nitrogens is 4. The first kappa shape index (κ1) is 58.4. The third-order valence-electron chi connectivity index (χ3n) is 16.1. The fourth-order valence-electron chi connectivity index (χ4n) is 11.6. The van der Waals surface area contributed by atoms with Gasteiger partial charge in [-0.2, -0.15) is 15.2 Å². The number of amides is 1. The summed E-state index contributed by atoms with van der Waals surface area (Å²) in [6.45, 7) is 19.6. The van der Waals surface area contributed by atoms with Gasteiger partial charge in [-0.3, -0.25) is 14.5 Å². The third-order valence-corrected chi connectivity index (χ3v) is 17.4. The molecule has 0 aliphatic carbocycles. The molecular weight excluding hydrogens is 1080 g/mol. The molecule has 0 bridgehead atoms. The Hall–Kier alpha value is -7.28. The number of anilines is 2. The van der Waals surface area contributed by atoms with Crippen LogP contribution in [-0.2, 0) is 33.9 Å². The minimum atomic E-state index is -1.55. The highest BCUT2D eigenvalue weighted by molar-refractivity contribution is 7.14. The number of cyclic esters (lactones) is 1. The van der Waals surface area contributed by atoms with Gasteiger partial charge in [0.2, 0.25) is 0 Å². The molecule has 21 heteroatoms. The zero-order valence-electron chi connectivity index (χ0n) is 46.5. The second-order valence-electron chi connectivity index (χ2n) is 21.0. The normalized spacial score (nSPS) is 17.9. The van der Waals surface area contributed by atoms with Crippen molar-refractivity contribution >= 4 is 79.8 Å². The van der Waals surface area contributed by atoms with Gasteiger partial charge in [0.05, 0.1) is 55.2 Å². The summed E-state index contributed by atoms with van der Waals surface area (Å²) in [4.78, 5) is 61.3. The Morgan fingerprint density at radius 2 is 1.79 bits per heavy atom. The van der Waals surface area contributed by atoms with E-state index in [9.17, 15) is 29.1 Å². The number of aliphatic hydroxyl groups is 1. The summed E-state index contributed by atoms with van der Waals surface area (Å²) in [5.41, 5.74) is 9.65. The molecule has 0 saturated carbocycles. The zero-order valence-corrected chi connectivity index (χ0v) is 48.1. The van der Waals surface area contributed by atoms with Crippen molar-refractivity contribution in [2.75, 3.05) is 70.2 Å². The molecule has 4 aromatic heterocycles. The smallest absolute Gasteiger partial charge is 0.340 e. The number of aliphatic hydroxyl groups excluding tert-OH is 1. The average molecular weight is 1150 g/mol. The molecule has 426 valence electrons. The maximum atomic E-state index is 17.1. The van der Waals surface area contributed by atoms with Gasteiger partial charge in [-0.25, -0.2) is 18.6 Å². The summed E-state index contributed by atoms with van der Waals surface area (Å²) >= 11 is 7.74. The number of nitrogens with one attached hydrogen (secondary N) is 1. The maximum Gasteiger partial charge on any atom is 0.340 e. The molecule has 81 heavy (non-hydrogen) atoms. The predicted octanol–water partition coefficient (Wildman–Crippen LogP) is 7.74. The number of fused-ring (bicyclic) bond motifs is 7. The van der Waals surface area contributed by atoms with Crippen molar-refractivity contribution in [2.45, 2.75) is 103 Å². The Morgan fingerprint density at radius 3 is 2.47 bits per heavy atom. The van der Waals surface area contributed by atoms with Crippen molar-refractivity contribution in [3.8, 4) is 29.2 Å². The van der Waals surface area contributed by atoms with Crippen molar-refractivity contribution in [1.82, 2.24) is 34.6 Å². The zero-order chi connectivity index (χ0) is 58.1. The van der Waals surface area contributed by atoms with E-state index in [0.29, 0.717) is 78.3 Å². The lowest BCUT2D eigenvalue weighted by atomic mass is 9.95. The summed E-state index contributed by atoms with van der Waals surface area (Å²) in [5.74, 6) is -0.900. The number of nitrogen functional groups attached to an aromatic ring is 1. The van der Waals surface area contributed by atoms with Crippen molar-refractivity contribution in [3.05, 3.63) is 119 Å². The van der Waals surface area contributed by atoms with E-state index in [2.05, 4.69) is 28.4 Å². The molecule has 4 N–H and O–H groups in total. The van der Waals surface area contributed by atoms with Crippen LogP contribution in [0.2, 0.25) is 5.02 Å². The molecule has 1 unspecified atom stereocenters. The van der Waals surface area contributed by atoms with Gasteiger partial charge < -0.3 is 44.7 Å². The van der Waals surface area contributed by atoms with E-state index in [0.717, 1.165) is 66.6 Å². The first-order valence-electron chi connectivity index (χ1n) is 27.4. The van der Waals surface area contributed by atoms with E-state index in [1.54, 1.807) is 27.7 Å². The molecule has 3 fully saturated rings. The number of carbonyl (C=O) groups excluding carboxylic acids is 2. The van der Waals surface area contributed by atoms with E-state index in [4.69, 9.17) is 41.5 Å². The van der Waals surface area contributed by atoms with Crippen LogP contribution in [0.25, 0.3) is 45.6 Å². The number of thiophene rings is 1. The number of hydrogen-bond acceptors (Lipinski definition) is 16. The van der Waals surface area contributed by atoms with Crippen LogP contribution in [0.4, 0.5) is 19.6 Å². The number of esters is 1. The summed E-state index contributed by atoms with van der Waals surface area (Å²) in [6, 6.07) is 10.8. The van der Waals surface area contributed by atoms with Crippen molar-refractivity contribution in [1.29, 1.82) is 5.26 Å². The average Bonchev–Trinajstić information content (AvgIpc) is 4.26. The highest BCUT2D eigenvalue weighted by Gasteiger charge is 2.45. The number of carbonyl (C=O) groups is 2. The van der Waals surface area contributed by atoms with Crippen LogP contribution < -0.4 is 40.7 Å². The topological polar surface area (TPSA) is 214 Å². The summed E-state index contributed by atoms with van der Waals surface area (Å²) in [6.07, 6.45) is 7.18. The van der Waals surface area contributed by atoms with Crippen molar-refractivity contribution in [2.24, 2.45) is 0 Å². The second kappa shape index (κ2) is 24.0. The van der Waals surface area contributed by atoms with Gasteiger partial charge in [-0.05, 0) is 114 Å². The monoisotopic (exact) mass is 1140 g/mol. The third kappa shape index (κ3) is 10.9. The lowest BCUT2D eigenvalue weighted by molar-refractivity contribution is -0.157. The van der Waals surface area contributed by atoms with E-state index >= 15 is 4.39 Å². The largest absolute Gasteiger partial charge is 0.489 e. The molecule has 5 aliphatic heterocycles. The highest BCUT2D eigenvalue weighted by atomic mass is 35.5. The molecule has 11 rings (SSSR count). The van der Waals surface area contributed by atoms with Crippen LogP contribution in [0.1, 0.15) is 106 Å². The molecule has 3 saturated heterocycles. The van der Waals surface area contributed by atoms with Crippen LogP contribution in [0.15, 0.2) is 59.9 Å². The number of aryl methyl sites for hydroxylation is 1. The van der Waals surface area contributed by atoms with Crippen molar-refractivity contribution < 1.29 is 37.7 Å². The van der Waals surface area contributed by atoms with E-state index in [-0.39, 0.29) is 109 Å². The molecule has 1 atom stereocenters. The number of nitriles is 1. The molecule has 1 amide bonds. The van der Waals surface area contributed by atoms with E-state index < -0.39 is 17.9 Å². The number of benzene rings is 2. The van der Waals surface area contributed by atoms with Gasteiger partial charge in [0.25, 0.3) is 11.5 Å². The number of hydrogen-bond donors (Lipinski definition) is 3. The molecule has 0 radical (unpaired) electrons. The quantitative estimate of drug-likeness (QED) is 0.0572. The number of halogens is 3. The molecule has 2 aromatic carbocycles. The van der Waals surface area contributed by atoms with Crippen molar-refractivity contribution in [3.63, 3.8) is 0 Å². The summed E-state index contributed by atoms with van der Waals surface area (Å²) in [5, 5.41) is 25.1. The fourth-order valence-corrected chi connectivity index (χ4v) is 12.6. The summed E-state index contributed by atoms with van der Waals surface area (Å²) in [7, 11) is 1.87. The Morgan fingerprint density at radius 1 is 1.06 bits per heavy atom. The van der Waals surface area contributed by atoms with Gasteiger partial charge in [0.1, 0.15) is 54.3 Å². The van der Waals surface area contributed by atoms with Gasteiger partial charge in [-0.15, -0.1) is 24.5 Å². The van der Waals surface area contributed by atoms with Gasteiger partial charge in [-0.1, -0.05) is 38.4 Å². The van der Waals surface area contributed by atoms with Crippen LogP contribution >= 0.6 is 22.9 Å². The fraction of sp³-hybridized carbons (Fsp3) is 0.417. The first-order chi connectivity index (χ1) is 39.0. The second-order valence-corrected chi connectivity index (χ2v) is 22.4. The molecular formula is C60H67ClF2N10O7S. The Kier molecular flexibility index (Phi) is 17.3. The minimum absolute atomic E-state index is 0.00838. The molecule has 5 aliphatic rings. The van der Waals surface area contributed by atoms with Gasteiger partial charge in [0, 0.05) is 64.4 Å². The number of ether oxygens (including phenoxy) is 3. The number of pyridine rings is 2. The summed E-state index contributed by atoms with van der Waals surface area (Å²) < 4.78 is 50.8. The Balaban J connectivity index is 0.00000194. The maximum absolute atomic E-state index is 17.1. The Bertz CT molecular complexity index is 3730. The lowest BCUT2D eigenvalue weighted by Crippen LogP contribution is -2.50. The molecule has 9 heterocycles. The number of nitrogens with zero attached hydrogens (tertiary/aromatic N) is 8. The first-order valence-corrected chi connectivity index (χ1v) is 28.6. The standard InChI is InChI=1S/C56H57ClF2N10O7S.C2H6.C2H4/c1-5-32-33-20-31(8-9-42(33)63-46-39(32)26-69-43(46)23-35-40(52(69)72)28-75-53(73)48(35)70)74-27-30(10-13-55(2,3)62-4)51(71)67-18-16-66(17-19-67)50-37-22-41(57)36(21-34-38(25-60)49(61)77-44(34)24-58)45(59)47(37)64-54(65-50)76-29-56-11-6-14-68(56)15-7-12-56;2*1-2/h8-10,20-24,48,62,70H,5-7,11-19,26-29,61H2,1-4H3;1-2H3;1-2H2/b30-10-,34-21+,44-24-;;. The predicted molar refractivity (Wildman–Crippen MR) is 312 cm³/mol. The number of piperazine rings is 1. The van der Waals surface area contributed by atoms with E-state index in [1.165, 1.54) is 6.08 Å². The number of rotatable bonds is 13. The lowest BCUT2D eigenvalue weighted by Gasteiger charge is -2.36. The SMILES string of the molecule is C=C.CC.CCc1c2c(nc3ccc(OC/C(=C/CC(C)(C)NC)C(=O)N4CCN(c5nc(OCC67CCCN6CCC7)nc6c(F)c(/C=c7\c(C#N)c(N)s\c7=C/F)c(Cl)cc56)CC4)cc13)-c1cc3c(c(=O)n1C2)COC(=O)C3O. The van der Waals surface area contributed by atoms with Gasteiger partial charge in [0.15, 0.2) is 11.9 Å². The van der Waals surface area contributed by atoms with E-state index in [1.807, 2.05) is 70.8 Å². The van der Waals surface area contributed by atoms with Crippen LogP contribution in [0.3, 0.4) is 0 Å². The van der Waals surface area contributed by atoms with Gasteiger partial charge >= 0.3 is 12.0 Å².